The highest BCUT2D eigenvalue weighted by molar-refractivity contribution is 6.07. The molecule has 0 radical (unpaired) electrons. The molecule has 3 N–H and O–H groups in total. The van der Waals surface area contributed by atoms with Gasteiger partial charge in [-0.2, -0.15) is 0 Å². The molecule has 4 nitrogen and oxygen atoms in total. The summed E-state index contributed by atoms with van der Waals surface area (Å²) >= 11 is 0. The summed E-state index contributed by atoms with van der Waals surface area (Å²) in [5.74, 6) is -1.07. The molecular weight excluding hydrogens is 245 g/mol. The molecule has 0 saturated carbocycles. The highest BCUT2D eigenvalue weighted by Gasteiger charge is 2.13. The summed E-state index contributed by atoms with van der Waals surface area (Å²) in [5, 5.41) is 2.71. The van der Waals surface area contributed by atoms with Gasteiger partial charge in [-0.05, 0) is 37.1 Å². The van der Waals surface area contributed by atoms with E-state index in [2.05, 4.69) is 10.3 Å². The standard InChI is InChI=1S/C14H14FN3O/c1-8-3-4-9(2)12(5-8)18-14(19)11-6-10(15)7-17-13(11)16/h3-7H,1-2H3,(H2,16,17)(H,18,19). The summed E-state index contributed by atoms with van der Waals surface area (Å²) in [6, 6.07) is 6.76. The number of hydrogen-bond donors (Lipinski definition) is 2. The summed E-state index contributed by atoms with van der Waals surface area (Å²) in [7, 11) is 0. The number of rotatable bonds is 2. The second-order valence-corrected chi connectivity index (χ2v) is 4.36. The van der Waals surface area contributed by atoms with E-state index < -0.39 is 11.7 Å². The van der Waals surface area contributed by atoms with Gasteiger partial charge in [-0.3, -0.25) is 4.79 Å². The van der Waals surface area contributed by atoms with Crippen LogP contribution >= 0.6 is 0 Å². The van der Waals surface area contributed by atoms with Gasteiger partial charge in [-0.25, -0.2) is 9.37 Å². The van der Waals surface area contributed by atoms with Crippen molar-refractivity contribution in [1.82, 2.24) is 4.98 Å². The van der Waals surface area contributed by atoms with Crippen molar-refractivity contribution in [2.45, 2.75) is 13.8 Å². The lowest BCUT2D eigenvalue weighted by Crippen LogP contribution is -2.16. The van der Waals surface area contributed by atoms with Crippen molar-refractivity contribution in [3.8, 4) is 0 Å². The Morgan fingerprint density at radius 3 is 2.79 bits per heavy atom. The van der Waals surface area contributed by atoms with Crippen molar-refractivity contribution < 1.29 is 9.18 Å². The number of amides is 1. The lowest BCUT2D eigenvalue weighted by molar-refractivity contribution is 0.102. The summed E-state index contributed by atoms with van der Waals surface area (Å²) in [4.78, 5) is 15.7. The van der Waals surface area contributed by atoms with Gasteiger partial charge in [0.1, 0.15) is 11.6 Å². The largest absolute Gasteiger partial charge is 0.383 e. The molecule has 1 heterocycles. The summed E-state index contributed by atoms with van der Waals surface area (Å²) in [5.41, 5.74) is 8.21. The average Bonchev–Trinajstić information content (AvgIpc) is 2.36. The highest BCUT2D eigenvalue weighted by atomic mass is 19.1. The molecule has 0 fully saturated rings. The molecule has 0 saturated heterocycles. The van der Waals surface area contributed by atoms with E-state index in [1.165, 1.54) is 0 Å². The molecule has 19 heavy (non-hydrogen) atoms. The van der Waals surface area contributed by atoms with Gasteiger partial charge in [-0.1, -0.05) is 12.1 Å². The van der Waals surface area contributed by atoms with Crippen molar-refractivity contribution in [3.05, 3.63) is 53.0 Å². The number of halogens is 1. The first-order valence-corrected chi connectivity index (χ1v) is 5.77. The van der Waals surface area contributed by atoms with Crippen molar-refractivity contribution in [2.75, 3.05) is 11.1 Å². The molecule has 0 spiro atoms. The Balaban J connectivity index is 2.30. The third-order valence-electron chi connectivity index (χ3n) is 2.77. The minimum absolute atomic E-state index is 0.00389. The molecule has 1 aromatic heterocycles. The Morgan fingerprint density at radius 1 is 1.32 bits per heavy atom. The zero-order valence-electron chi connectivity index (χ0n) is 10.7. The first-order chi connectivity index (χ1) is 8.97. The predicted molar refractivity (Wildman–Crippen MR) is 72.5 cm³/mol. The number of aromatic nitrogens is 1. The maximum Gasteiger partial charge on any atom is 0.259 e. The maximum atomic E-state index is 13.1. The van der Waals surface area contributed by atoms with Gasteiger partial charge in [0, 0.05) is 5.69 Å². The van der Waals surface area contributed by atoms with E-state index in [0.29, 0.717) is 5.69 Å². The van der Waals surface area contributed by atoms with Crippen LogP contribution in [0.15, 0.2) is 30.5 Å². The minimum Gasteiger partial charge on any atom is -0.383 e. The molecule has 0 bridgehead atoms. The van der Waals surface area contributed by atoms with E-state index in [1.807, 2.05) is 32.0 Å². The average molecular weight is 259 g/mol. The van der Waals surface area contributed by atoms with Gasteiger partial charge < -0.3 is 11.1 Å². The zero-order valence-corrected chi connectivity index (χ0v) is 10.7. The fraction of sp³-hybridized carbons (Fsp3) is 0.143. The number of pyridine rings is 1. The van der Waals surface area contributed by atoms with E-state index in [1.54, 1.807) is 0 Å². The number of hydrogen-bond acceptors (Lipinski definition) is 3. The molecule has 98 valence electrons. The number of carbonyl (C=O) groups excluding carboxylic acids is 1. The second-order valence-electron chi connectivity index (χ2n) is 4.36. The van der Waals surface area contributed by atoms with E-state index in [0.717, 1.165) is 23.4 Å². The SMILES string of the molecule is Cc1ccc(C)c(NC(=O)c2cc(F)cnc2N)c1. The van der Waals surface area contributed by atoms with E-state index in [9.17, 15) is 9.18 Å². The lowest BCUT2D eigenvalue weighted by atomic mass is 10.1. The Labute approximate surface area is 110 Å². The number of benzene rings is 1. The zero-order chi connectivity index (χ0) is 14.0. The van der Waals surface area contributed by atoms with E-state index in [4.69, 9.17) is 5.73 Å². The molecule has 1 amide bonds. The molecule has 0 aliphatic rings. The third-order valence-corrected chi connectivity index (χ3v) is 2.77. The van der Waals surface area contributed by atoms with Gasteiger partial charge in [-0.15, -0.1) is 0 Å². The third kappa shape index (κ3) is 2.88. The van der Waals surface area contributed by atoms with E-state index >= 15 is 0 Å². The molecule has 1 aromatic carbocycles. The van der Waals surface area contributed by atoms with Crippen molar-refractivity contribution in [1.29, 1.82) is 0 Å². The number of nitrogen functional groups attached to an aromatic ring is 1. The predicted octanol–water partition coefficient (Wildman–Crippen LogP) is 2.67. The van der Waals surface area contributed by atoms with Gasteiger partial charge in [0.25, 0.3) is 5.91 Å². The fourth-order valence-corrected chi connectivity index (χ4v) is 1.69. The Kier molecular flexibility index (Phi) is 3.46. The molecule has 0 aliphatic heterocycles. The summed E-state index contributed by atoms with van der Waals surface area (Å²) < 4.78 is 13.1. The van der Waals surface area contributed by atoms with Gasteiger partial charge in [0.05, 0.1) is 11.8 Å². The quantitative estimate of drug-likeness (QED) is 0.871. The van der Waals surface area contributed by atoms with Crippen LogP contribution in [0, 0.1) is 19.7 Å². The first kappa shape index (κ1) is 13.0. The number of nitrogens with one attached hydrogen (secondary N) is 1. The Bertz CT molecular complexity index is 641. The minimum atomic E-state index is -0.597. The van der Waals surface area contributed by atoms with Crippen molar-refractivity contribution >= 4 is 17.4 Å². The van der Waals surface area contributed by atoms with Crippen molar-refractivity contribution in [3.63, 3.8) is 0 Å². The molecule has 2 aromatic rings. The number of aryl methyl sites for hydroxylation is 2. The van der Waals surface area contributed by atoms with Crippen LogP contribution in [0.1, 0.15) is 21.5 Å². The summed E-state index contributed by atoms with van der Waals surface area (Å²) in [6.45, 7) is 3.80. The van der Waals surface area contributed by atoms with Crippen LogP contribution in [-0.2, 0) is 0 Å². The summed E-state index contributed by atoms with van der Waals surface area (Å²) in [6.07, 6.45) is 0.976. The monoisotopic (exact) mass is 259 g/mol. The topological polar surface area (TPSA) is 68.0 Å². The smallest absolute Gasteiger partial charge is 0.259 e. The van der Waals surface area contributed by atoms with Crippen LogP contribution in [0.3, 0.4) is 0 Å². The van der Waals surface area contributed by atoms with Gasteiger partial charge in [0.2, 0.25) is 0 Å². The fourth-order valence-electron chi connectivity index (χ4n) is 1.69. The molecular formula is C14H14FN3O. The Hall–Kier alpha value is -2.43. The number of anilines is 2. The lowest BCUT2D eigenvalue weighted by Gasteiger charge is -2.10. The second kappa shape index (κ2) is 5.06. The van der Waals surface area contributed by atoms with Gasteiger partial charge >= 0.3 is 0 Å². The molecule has 0 atom stereocenters. The highest BCUT2D eigenvalue weighted by Crippen LogP contribution is 2.19. The van der Waals surface area contributed by atoms with E-state index in [-0.39, 0.29) is 11.4 Å². The first-order valence-electron chi connectivity index (χ1n) is 5.77. The van der Waals surface area contributed by atoms with Crippen LogP contribution in [0.25, 0.3) is 0 Å². The van der Waals surface area contributed by atoms with Crippen LogP contribution in [-0.4, -0.2) is 10.9 Å². The van der Waals surface area contributed by atoms with Crippen LogP contribution in [0.5, 0.6) is 0 Å². The maximum absolute atomic E-state index is 13.1. The number of nitrogens with two attached hydrogens (primary N) is 1. The number of carbonyl (C=O) groups is 1. The van der Waals surface area contributed by atoms with Gasteiger partial charge in [0.15, 0.2) is 0 Å². The van der Waals surface area contributed by atoms with Crippen molar-refractivity contribution in [2.24, 2.45) is 0 Å². The Morgan fingerprint density at radius 2 is 2.05 bits per heavy atom. The normalized spacial score (nSPS) is 10.3. The van der Waals surface area contributed by atoms with Crippen LogP contribution in [0.4, 0.5) is 15.9 Å². The number of nitrogens with zero attached hydrogens (tertiary/aromatic N) is 1. The molecule has 5 heteroatoms. The molecule has 2 rings (SSSR count). The molecule has 0 unspecified atom stereocenters. The van der Waals surface area contributed by atoms with Crippen LogP contribution < -0.4 is 11.1 Å². The van der Waals surface area contributed by atoms with Crippen LogP contribution in [0.2, 0.25) is 0 Å². The molecule has 0 aliphatic carbocycles.